The lowest BCUT2D eigenvalue weighted by atomic mass is 10.4. The maximum Gasteiger partial charge on any atom is 0.359 e. The van der Waals surface area contributed by atoms with Crippen molar-refractivity contribution in [3.8, 4) is 23.1 Å². The standard InChI is InChI=1S/C12H9NO3S/c1-3-6-16-12(14)10-8(2)17-11(13-10)9-5-4-7-15-9/h1,4-5,7H,6H2,2H3. The third-order valence-corrected chi connectivity index (χ3v) is 2.99. The van der Waals surface area contributed by atoms with Gasteiger partial charge in [-0.15, -0.1) is 17.8 Å². The average molecular weight is 247 g/mol. The second-order valence-corrected chi connectivity index (χ2v) is 4.38. The Morgan fingerprint density at radius 2 is 2.53 bits per heavy atom. The minimum atomic E-state index is -0.505. The summed E-state index contributed by atoms with van der Waals surface area (Å²) in [6.07, 6.45) is 6.57. The molecule has 2 aromatic heterocycles. The molecule has 0 bridgehead atoms. The Balaban J connectivity index is 2.26. The Morgan fingerprint density at radius 3 is 3.18 bits per heavy atom. The Morgan fingerprint density at radius 1 is 1.71 bits per heavy atom. The summed E-state index contributed by atoms with van der Waals surface area (Å²) in [6.45, 7) is 1.75. The molecule has 17 heavy (non-hydrogen) atoms. The lowest BCUT2D eigenvalue weighted by Gasteiger charge is -1.97. The molecule has 0 aliphatic heterocycles. The molecule has 2 heterocycles. The third kappa shape index (κ3) is 2.37. The van der Waals surface area contributed by atoms with Gasteiger partial charge < -0.3 is 9.15 Å². The Kier molecular flexibility index (Phi) is 3.26. The minimum absolute atomic E-state index is 0.0497. The summed E-state index contributed by atoms with van der Waals surface area (Å²) in [5.74, 6) is 2.36. The number of hydrogen-bond donors (Lipinski definition) is 0. The van der Waals surface area contributed by atoms with E-state index in [1.165, 1.54) is 11.3 Å². The van der Waals surface area contributed by atoms with Crippen LogP contribution in [0.25, 0.3) is 10.8 Å². The molecule has 0 aromatic carbocycles. The van der Waals surface area contributed by atoms with Crippen molar-refractivity contribution in [2.24, 2.45) is 0 Å². The van der Waals surface area contributed by atoms with Crippen LogP contribution < -0.4 is 0 Å². The van der Waals surface area contributed by atoms with Gasteiger partial charge in [-0.2, -0.15) is 0 Å². The zero-order valence-corrected chi connectivity index (χ0v) is 9.91. The summed E-state index contributed by atoms with van der Waals surface area (Å²) < 4.78 is 10.0. The monoisotopic (exact) mass is 247 g/mol. The van der Waals surface area contributed by atoms with Crippen LogP contribution in [0.4, 0.5) is 0 Å². The molecule has 0 amide bonds. The van der Waals surface area contributed by atoms with E-state index in [9.17, 15) is 4.79 Å². The first-order valence-electron chi connectivity index (χ1n) is 4.84. The normalized spacial score (nSPS) is 9.88. The second kappa shape index (κ2) is 4.85. The summed E-state index contributed by atoms with van der Waals surface area (Å²) in [7, 11) is 0. The predicted molar refractivity (Wildman–Crippen MR) is 63.7 cm³/mol. The van der Waals surface area contributed by atoms with Crippen molar-refractivity contribution in [3.05, 3.63) is 29.0 Å². The van der Waals surface area contributed by atoms with E-state index in [1.54, 1.807) is 25.3 Å². The van der Waals surface area contributed by atoms with Gasteiger partial charge in [0.15, 0.2) is 23.1 Å². The highest BCUT2D eigenvalue weighted by molar-refractivity contribution is 7.15. The molecule has 86 valence electrons. The summed E-state index contributed by atoms with van der Waals surface area (Å²) >= 11 is 1.38. The Labute approximate surface area is 102 Å². The lowest BCUT2D eigenvalue weighted by molar-refractivity contribution is 0.0550. The van der Waals surface area contributed by atoms with Crippen molar-refractivity contribution < 1.29 is 13.9 Å². The van der Waals surface area contributed by atoms with Crippen LogP contribution in [0, 0.1) is 19.3 Å². The molecule has 0 saturated carbocycles. The highest BCUT2D eigenvalue weighted by atomic mass is 32.1. The first-order chi connectivity index (χ1) is 8.22. The molecule has 0 atom stereocenters. The lowest BCUT2D eigenvalue weighted by Crippen LogP contribution is -2.07. The number of rotatable bonds is 3. The van der Waals surface area contributed by atoms with Gasteiger partial charge >= 0.3 is 5.97 Å². The SMILES string of the molecule is C#CCOC(=O)c1nc(-c2ccco2)sc1C. The van der Waals surface area contributed by atoms with Crippen molar-refractivity contribution in [2.45, 2.75) is 6.92 Å². The van der Waals surface area contributed by atoms with Crippen LogP contribution in [0.5, 0.6) is 0 Å². The average Bonchev–Trinajstić information content (AvgIpc) is 2.94. The molecular weight excluding hydrogens is 238 g/mol. The summed E-state index contributed by atoms with van der Waals surface area (Å²) in [5.41, 5.74) is 0.289. The predicted octanol–water partition coefficient (Wildman–Crippen LogP) is 2.50. The van der Waals surface area contributed by atoms with Crippen molar-refractivity contribution in [1.29, 1.82) is 0 Å². The van der Waals surface area contributed by atoms with Gasteiger partial charge in [0.2, 0.25) is 0 Å². The second-order valence-electron chi connectivity index (χ2n) is 3.18. The van der Waals surface area contributed by atoms with Crippen LogP contribution >= 0.6 is 11.3 Å². The van der Waals surface area contributed by atoms with Gasteiger partial charge in [-0.05, 0) is 19.1 Å². The zero-order chi connectivity index (χ0) is 12.3. The Bertz CT molecular complexity index is 563. The van der Waals surface area contributed by atoms with E-state index in [1.807, 2.05) is 0 Å². The van der Waals surface area contributed by atoms with Crippen LogP contribution in [0.2, 0.25) is 0 Å². The van der Waals surface area contributed by atoms with E-state index < -0.39 is 5.97 Å². The van der Waals surface area contributed by atoms with Gasteiger partial charge in [-0.25, -0.2) is 9.78 Å². The van der Waals surface area contributed by atoms with E-state index in [-0.39, 0.29) is 12.3 Å². The number of aromatic nitrogens is 1. The summed E-state index contributed by atoms with van der Waals surface area (Å²) in [4.78, 5) is 16.6. The molecule has 0 radical (unpaired) electrons. The molecule has 0 spiro atoms. The molecule has 0 aliphatic carbocycles. The molecule has 0 unspecified atom stereocenters. The van der Waals surface area contributed by atoms with Crippen LogP contribution in [0.15, 0.2) is 22.8 Å². The highest BCUT2D eigenvalue weighted by Gasteiger charge is 2.18. The minimum Gasteiger partial charge on any atom is -0.462 e. The topological polar surface area (TPSA) is 52.3 Å². The molecule has 5 heteroatoms. The molecule has 2 aromatic rings. The number of ether oxygens (including phenoxy) is 1. The van der Waals surface area contributed by atoms with E-state index in [2.05, 4.69) is 10.9 Å². The number of hydrogen-bond acceptors (Lipinski definition) is 5. The van der Waals surface area contributed by atoms with Crippen molar-refractivity contribution in [3.63, 3.8) is 0 Å². The smallest absolute Gasteiger partial charge is 0.359 e. The van der Waals surface area contributed by atoms with Crippen molar-refractivity contribution >= 4 is 17.3 Å². The molecular formula is C12H9NO3S. The highest BCUT2D eigenvalue weighted by Crippen LogP contribution is 2.28. The number of aryl methyl sites for hydroxylation is 1. The number of carbonyl (C=O) groups excluding carboxylic acids is 1. The van der Waals surface area contributed by atoms with E-state index in [0.717, 1.165) is 4.88 Å². The molecule has 0 N–H and O–H groups in total. The van der Waals surface area contributed by atoms with Gasteiger partial charge in [-0.3, -0.25) is 0 Å². The number of nitrogens with zero attached hydrogens (tertiary/aromatic N) is 1. The molecule has 2 rings (SSSR count). The van der Waals surface area contributed by atoms with Gasteiger partial charge in [0.1, 0.15) is 0 Å². The van der Waals surface area contributed by atoms with Crippen LogP contribution in [0.3, 0.4) is 0 Å². The van der Waals surface area contributed by atoms with Crippen molar-refractivity contribution in [1.82, 2.24) is 4.98 Å². The first kappa shape index (κ1) is 11.4. The molecule has 0 saturated heterocycles. The molecule has 0 fully saturated rings. The van der Waals surface area contributed by atoms with E-state index in [4.69, 9.17) is 15.6 Å². The Hall–Kier alpha value is -2.06. The number of esters is 1. The van der Waals surface area contributed by atoms with Crippen molar-refractivity contribution in [2.75, 3.05) is 6.61 Å². The zero-order valence-electron chi connectivity index (χ0n) is 9.10. The number of carbonyl (C=O) groups is 1. The summed E-state index contributed by atoms with van der Waals surface area (Å²) in [6, 6.07) is 3.55. The molecule has 0 aliphatic rings. The maximum absolute atomic E-state index is 11.6. The fraction of sp³-hybridized carbons (Fsp3) is 0.167. The fourth-order valence-electron chi connectivity index (χ4n) is 1.27. The number of furan rings is 1. The fourth-order valence-corrected chi connectivity index (χ4v) is 2.14. The van der Waals surface area contributed by atoms with Gasteiger partial charge in [-0.1, -0.05) is 5.92 Å². The van der Waals surface area contributed by atoms with Crippen LogP contribution in [0.1, 0.15) is 15.4 Å². The van der Waals surface area contributed by atoms with E-state index >= 15 is 0 Å². The van der Waals surface area contributed by atoms with Gasteiger partial charge in [0.05, 0.1) is 6.26 Å². The van der Waals surface area contributed by atoms with Gasteiger partial charge in [0.25, 0.3) is 0 Å². The number of thiazole rings is 1. The maximum atomic E-state index is 11.6. The largest absolute Gasteiger partial charge is 0.462 e. The summed E-state index contributed by atoms with van der Waals surface area (Å²) in [5, 5.41) is 0.653. The molecule has 4 nitrogen and oxygen atoms in total. The van der Waals surface area contributed by atoms with Crippen LogP contribution in [-0.2, 0) is 4.74 Å². The first-order valence-corrected chi connectivity index (χ1v) is 5.66. The third-order valence-electron chi connectivity index (χ3n) is 2.01. The quantitative estimate of drug-likeness (QED) is 0.617. The van der Waals surface area contributed by atoms with E-state index in [0.29, 0.717) is 10.8 Å². The van der Waals surface area contributed by atoms with Crippen LogP contribution in [-0.4, -0.2) is 17.6 Å². The van der Waals surface area contributed by atoms with Gasteiger partial charge in [0, 0.05) is 4.88 Å². The number of terminal acetylenes is 1.